The van der Waals surface area contributed by atoms with Gasteiger partial charge in [-0.25, -0.2) is 0 Å². The minimum atomic E-state index is -0.520. The molecule has 0 spiro atoms. The van der Waals surface area contributed by atoms with Crippen LogP contribution in [-0.2, 0) is 11.2 Å². The van der Waals surface area contributed by atoms with Crippen LogP contribution in [0.15, 0.2) is 47.1 Å². The number of carbonyl (C=O) groups is 1. The second kappa shape index (κ2) is 7.69. The summed E-state index contributed by atoms with van der Waals surface area (Å²) < 4.78 is 11.0. The van der Waals surface area contributed by atoms with Gasteiger partial charge in [-0.2, -0.15) is 0 Å². The van der Waals surface area contributed by atoms with E-state index in [0.29, 0.717) is 5.75 Å². The van der Waals surface area contributed by atoms with Gasteiger partial charge in [0.2, 0.25) is 0 Å². The summed E-state index contributed by atoms with van der Waals surface area (Å²) in [6, 6.07) is 11.6. The van der Waals surface area contributed by atoms with Crippen molar-refractivity contribution in [2.24, 2.45) is 0 Å². The van der Waals surface area contributed by atoms with Gasteiger partial charge in [-0.3, -0.25) is 4.79 Å². The molecule has 2 atom stereocenters. The Kier molecular flexibility index (Phi) is 5.64. The first-order chi connectivity index (χ1) is 10.5. The number of benzene rings is 1. The van der Waals surface area contributed by atoms with E-state index in [1.807, 2.05) is 50.2 Å². The van der Waals surface area contributed by atoms with Gasteiger partial charge in [0.25, 0.3) is 5.91 Å². The average molecular weight is 301 g/mol. The summed E-state index contributed by atoms with van der Waals surface area (Å²) >= 11 is 0. The molecule has 0 aliphatic carbocycles. The third-order valence-electron chi connectivity index (χ3n) is 3.46. The minimum Gasteiger partial charge on any atom is -0.481 e. The van der Waals surface area contributed by atoms with E-state index in [1.54, 1.807) is 13.2 Å². The van der Waals surface area contributed by atoms with Crippen molar-refractivity contribution in [2.45, 2.75) is 45.8 Å². The maximum Gasteiger partial charge on any atom is 0.260 e. The van der Waals surface area contributed by atoms with Gasteiger partial charge in [0.15, 0.2) is 6.10 Å². The van der Waals surface area contributed by atoms with Crippen molar-refractivity contribution >= 4 is 5.91 Å². The predicted octanol–water partition coefficient (Wildman–Crippen LogP) is 3.49. The molecule has 22 heavy (non-hydrogen) atoms. The molecule has 118 valence electrons. The lowest BCUT2D eigenvalue weighted by atomic mass is 10.1. The first-order valence-corrected chi connectivity index (χ1v) is 7.60. The van der Waals surface area contributed by atoms with Gasteiger partial charge in [0.05, 0.1) is 6.26 Å². The highest BCUT2D eigenvalue weighted by Gasteiger charge is 2.17. The minimum absolute atomic E-state index is 0.0705. The normalized spacial score (nSPS) is 13.4. The van der Waals surface area contributed by atoms with E-state index in [1.165, 1.54) is 0 Å². The van der Waals surface area contributed by atoms with Gasteiger partial charge in [0.1, 0.15) is 11.5 Å². The maximum absolute atomic E-state index is 12.1. The molecule has 4 nitrogen and oxygen atoms in total. The summed E-state index contributed by atoms with van der Waals surface area (Å²) in [7, 11) is 0. The third-order valence-corrected chi connectivity index (χ3v) is 3.46. The molecular formula is C18H23NO3. The van der Waals surface area contributed by atoms with Crippen LogP contribution in [0, 0.1) is 6.92 Å². The van der Waals surface area contributed by atoms with Gasteiger partial charge in [0, 0.05) is 12.5 Å². The van der Waals surface area contributed by atoms with Crippen LogP contribution in [0.1, 0.15) is 31.6 Å². The van der Waals surface area contributed by atoms with Crippen LogP contribution in [0.3, 0.4) is 0 Å². The number of hydrogen-bond acceptors (Lipinski definition) is 3. The molecule has 0 radical (unpaired) electrons. The zero-order valence-corrected chi connectivity index (χ0v) is 13.3. The second-order valence-electron chi connectivity index (χ2n) is 5.60. The fraction of sp³-hybridized carbons (Fsp3) is 0.389. The molecule has 0 saturated heterocycles. The fourth-order valence-corrected chi connectivity index (χ4v) is 2.19. The Bertz CT molecular complexity index is 592. The molecule has 1 amide bonds. The van der Waals surface area contributed by atoms with E-state index in [-0.39, 0.29) is 11.9 Å². The molecule has 0 aliphatic rings. The van der Waals surface area contributed by atoms with Crippen molar-refractivity contribution in [3.8, 4) is 5.75 Å². The van der Waals surface area contributed by atoms with Gasteiger partial charge in [-0.15, -0.1) is 0 Å². The standard InChI is InChI=1S/C18H23NO3/c1-13-6-4-7-17(12-13)22-15(3)18(20)19-14(2)9-10-16-8-5-11-21-16/h4-8,11-12,14-15H,9-10H2,1-3H3,(H,19,20)/t14-,15+/m1/s1. The van der Waals surface area contributed by atoms with Crippen LogP contribution in [-0.4, -0.2) is 18.1 Å². The fourth-order valence-electron chi connectivity index (χ4n) is 2.19. The van der Waals surface area contributed by atoms with Crippen molar-refractivity contribution in [3.63, 3.8) is 0 Å². The number of rotatable bonds is 7. The first kappa shape index (κ1) is 16.1. The summed E-state index contributed by atoms with van der Waals surface area (Å²) in [4.78, 5) is 12.1. The molecule has 0 unspecified atom stereocenters. The van der Waals surface area contributed by atoms with Crippen molar-refractivity contribution in [1.82, 2.24) is 5.32 Å². The number of ether oxygens (including phenoxy) is 1. The summed E-state index contributed by atoms with van der Waals surface area (Å²) in [5.74, 6) is 1.55. The van der Waals surface area contributed by atoms with E-state index in [4.69, 9.17) is 9.15 Å². The molecule has 1 N–H and O–H groups in total. The summed E-state index contributed by atoms with van der Waals surface area (Å²) in [5, 5.41) is 2.97. The molecule has 1 aromatic heterocycles. The van der Waals surface area contributed by atoms with Gasteiger partial charge in [-0.1, -0.05) is 12.1 Å². The Labute approximate surface area is 131 Å². The molecular weight excluding hydrogens is 278 g/mol. The van der Waals surface area contributed by atoms with Crippen molar-refractivity contribution in [1.29, 1.82) is 0 Å². The Morgan fingerprint density at radius 2 is 2.09 bits per heavy atom. The number of carbonyl (C=O) groups excluding carboxylic acids is 1. The lowest BCUT2D eigenvalue weighted by Gasteiger charge is -2.18. The summed E-state index contributed by atoms with van der Waals surface area (Å²) in [6.45, 7) is 5.74. The topological polar surface area (TPSA) is 51.5 Å². The van der Waals surface area contributed by atoms with E-state index in [0.717, 1.165) is 24.2 Å². The van der Waals surface area contributed by atoms with Crippen molar-refractivity contribution in [2.75, 3.05) is 0 Å². The largest absolute Gasteiger partial charge is 0.481 e. The molecule has 0 saturated carbocycles. The predicted molar refractivity (Wildman–Crippen MR) is 85.9 cm³/mol. The molecule has 2 aromatic rings. The smallest absolute Gasteiger partial charge is 0.260 e. The van der Waals surface area contributed by atoms with Crippen LogP contribution in [0.4, 0.5) is 0 Å². The third kappa shape index (κ3) is 4.95. The van der Waals surface area contributed by atoms with Gasteiger partial charge < -0.3 is 14.5 Å². The average Bonchev–Trinajstić information content (AvgIpc) is 2.98. The summed E-state index contributed by atoms with van der Waals surface area (Å²) in [5.41, 5.74) is 1.11. The quantitative estimate of drug-likeness (QED) is 0.851. The molecule has 4 heteroatoms. The van der Waals surface area contributed by atoms with Crippen LogP contribution >= 0.6 is 0 Å². The molecule has 0 bridgehead atoms. The van der Waals surface area contributed by atoms with E-state index < -0.39 is 6.10 Å². The maximum atomic E-state index is 12.1. The number of furan rings is 1. The number of nitrogens with one attached hydrogen (secondary N) is 1. The second-order valence-corrected chi connectivity index (χ2v) is 5.60. The van der Waals surface area contributed by atoms with Gasteiger partial charge in [-0.05, 0) is 57.0 Å². The molecule has 2 rings (SSSR count). The molecule has 1 aromatic carbocycles. The Morgan fingerprint density at radius 1 is 1.27 bits per heavy atom. The monoisotopic (exact) mass is 301 g/mol. The zero-order valence-electron chi connectivity index (χ0n) is 13.3. The molecule has 0 fully saturated rings. The van der Waals surface area contributed by atoms with Crippen molar-refractivity contribution < 1.29 is 13.9 Å². The lowest BCUT2D eigenvalue weighted by Crippen LogP contribution is -2.41. The van der Waals surface area contributed by atoms with Crippen molar-refractivity contribution in [3.05, 3.63) is 54.0 Å². The van der Waals surface area contributed by atoms with E-state index >= 15 is 0 Å². The molecule has 0 aliphatic heterocycles. The van der Waals surface area contributed by atoms with Crippen LogP contribution in [0.25, 0.3) is 0 Å². The summed E-state index contributed by atoms with van der Waals surface area (Å²) in [6.07, 6.45) is 2.78. The van der Waals surface area contributed by atoms with Crippen LogP contribution < -0.4 is 10.1 Å². The zero-order chi connectivity index (χ0) is 15.9. The number of aryl methyl sites for hydroxylation is 2. The first-order valence-electron chi connectivity index (χ1n) is 7.60. The highest BCUT2D eigenvalue weighted by molar-refractivity contribution is 5.80. The number of amides is 1. The molecule has 1 heterocycles. The van der Waals surface area contributed by atoms with Gasteiger partial charge >= 0.3 is 0 Å². The highest BCUT2D eigenvalue weighted by Crippen LogP contribution is 2.14. The number of hydrogen-bond donors (Lipinski definition) is 1. The highest BCUT2D eigenvalue weighted by atomic mass is 16.5. The Morgan fingerprint density at radius 3 is 2.77 bits per heavy atom. The van der Waals surface area contributed by atoms with E-state index in [2.05, 4.69) is 5.32 Å². The SMILES string of the molecule is Cc1cccc(O[C@@H](C)C(=O)N[C@H](C)CCc2ccco2)c1. The van der Waals surface area contributed by atoms with Crippen LogP contribution in [0.2, 0.25) is 0 Å². The van der Waals surface area contributed by atoms with E-state index in [9.17, 15) is 4.79 Å². The Hall–Kier alpha value is -2.23. The van der Waals surface area contributed by atoms with Crippen LogP contribution in [0.5, 0.6) is 5.75 Å². The Balaban J connectivity index is 1.77. The lowest BCUT2D eigenvalue weighted by molar-refractivity contribution is -0.127.